The Morgan fingerprint density at radius 1 is 1.13 bits per heavy atom. The smallest absolute Gasteiger partial charge is 0.0586 e. The molecule has 2 rings (SSSR count). The third-order valence-electron chi connectivity index (χ3n) is 3.67. The molecule has 88 valence electrons. The molecule has 3 nitrogen and oxygen atoms in total. The van der Waals surface area contributed by atoms with Gasteiger partial charge in [-0.05, 0) is 39.0 Å². The Hall–Kier alpha value is -0.120. The minimum absolute atomic E-state index is 0.427. The molecular weight excluding hydrogens is 190 g/mol. The van der Waals surface area contributed by atoms with Crippen LogP contribution in [0.5, 0.6) is 0 Å². The van der Waals surface area contributed by atoms with E-state index in [0.29, 0.717) is 24.3 Å². The van der Waals surface area contributed by atoms with E-state index >= 15 is 0 Å². The molecule has 4 atom stereocenters. The van der Waals surface area contributed by atoms with Gasteiger partial charge in [-0.25, -0.2) is 0 Å². The summed E-state index contributed by atoms with van der Waals surface area (Å²) in [6, 6.07) is 1.33. The first kappa shape index (κ1) is 11.4. The van der Waals surface area contributed by atoms with Crippen LogP contribution in [0.3, 0.4) is 0 Å². The van der Waals surface area contributed by atoms with Crippen LogP contribution in [0.25, 0.3) is 0 Å². The molecule has 0 amide bonds. The third-order valence-corrected chi connectivity index (χ3v) is 3.67. The van der Waals surface area contributed by atoms with Gasteiger partial charge in [-0.1, -0.05) is 0 Å². The van der Waals surface area contributed by atoms with Crippen molar-refractivity contribution in [3.63, 3.8) is 0 Å². The van der Waals surface area contributed by atoms with E-state index in [4.69, 9.17) is 9.47 Å². The first-order chi connectivity index (χ1) is 7.28. The van der Waals surface area contributed by atoms with E-state index in [9.17, 15) is 0 Å². The normalized spacial score (nSPS) is 42.0. The molecule has 15 heavy (non-hydrogen) atoms. The summed E-state index contributed by atoms with van der Waals surface area (Å²) in [7, 11) is 1.82. The summed E-state index contributed by atoms with van der Waals surface area (Å²) >= 11 is 0. The lowest BCUT2D eigenvalue weighted by Crippen LogP contribution is -2.42. The number of rotatable bonds is 3. The fourth-order valence-electron chi connectivity index (χ4n) is 2.79. The van der Waals surface area contributed by atoms with Gasteiger partial charge in [0.25, 0.3) is 0 Å². The maximum atomic E-state index is 5.55. The summed E-state index contributed by atoms with van der Waals surface area (Å²) in [5.41, 5.74) is 0. The molecule has 3 heteroatoms. The van der Waals surface area contributed by atoms with E-state index in [2.05, 4.69) is 12.2 Å². The molecular formula is C12H23NO2. The summed E-state index contributed by atoms with van der Waals surface area (Å²) in [6.45, 7) is 3.08. The molecule has 1 saturated heterocycles. The molecule has 0 spiro atoms. The highest BCUT2D eigenvalue weighted by Crippen LogP contribution is 2.23. The Balaban J connectivity index is 1.72. The lowest BCUT2D eigenvalue weighted by molar-refractivity contribution is 0.0109. The molecule has 1 N–H and O–H groups in total. The zero-order valence-corrected chi connectivity index (χ0v) is 9.87. The Labute approximate surface area is 92.5 Å². The van der Waals surface area contributed by atoms with Crippen LogP contribution in [-0.2, 0) is 9.47 Å². The fourth-order valence-corrected chi connectivity index (χ4v) is 2.79. The van der Waals surface area contributed by atoms with Gasteiger partial charge >= 0.3 is 0 Å². The Bertz CT molecular complexity index is 198. The highest BCUT2D eigenvalue weighted by atomic mass is 16.5. The number of nitrogens with one attached hydrogen (secondary N) is 1. The Morgan fingerprint density at radius 2 is 1.93 bits per heavy atom. The summed E-state index contributed by atoms with van der Waals surface area (Å²) in [5.74, 6) is 0. The van der Waals surface area contributed by atoms with Crippen molar-refractivity contribution in [2.45, 2.75) is 63.3 Å². The molecule has 2 aliphatic rings. The molecule has 1 aliphatic heterocycles. The first-order valence-electron chi connectivity index (χ1n) is 6.18. The predicted molar refractivity (Wildman–Crippen MR) is 60.0 cm³/mol. The topological polar surface area (TPSA) is 30.5 Å². The molecule has 0 bridgehead atoms. The second-order valence-corrected chi connectivity index (χ2v) is 4.94. The maximum Gasteiger partial charge on any atom is 0.0586 e. The molecule has 0 aromatic carbocycles. The first-order valence-corrected chi connectivity index (χ1v) is 6.18. The van der Waals surface area contributed by atoms with Gasteiger partial charge in [0, 0.05) is 25.8 Å². The van der Waals surface area contributed by atoms with Crippen molar-refractivity contribution in [3.05, 3.63) is 0 Å². The molecule has 1 heterocycles. The number of ether oxygens (including phenoxy) is 2. The van der Waals surface area contributed by atoms with Gasteiger partial charge in [0.05, 0.1) is 12.2 Å². The van der Waals surface area contributed by atoms with Crippen molar-refractivity contribution in [2.75, 3.05) is 13.7 Å². The lowest BCUT2D eigenvalue weighted by atomic mass is 10.0. The fraction of sp³-hybridized carbons (Fsp3) is 1.00. The van der Waals surface area contributed by atoms with Crippen molar-refractivity contribution < 1.29 is 9.47 Å². The quantitative estimate of drug-likeness (QED) is 0.774. The zero-order valence-electron chi connectivity index (χ0n) is 9.87. The minimum Gasteiger partial charge on any atom is -0.381 e. The maximum absolute atomic E-state index is 5.55. The van der Waals surface area contributed by atoms with Crippen LogP contribution in [0.15, 0.2) is 0 Å². The van der Waals surface area contributed by atoms with Crippen LogP contribution < -0.4 is 5.32 Å². The van der Waals surface area contributed by atoms with Gasteiger partial charge in [-0.3, -0.25) is 0 Å². The zero-order chi connectivity index (χ0) is 10.7. The molecule has 2 fully saturated rings. The summed E-state index contributed by atoms with van der Waals surface area (Å²) in [6.07, 6.45) is 6.90. The molecule has 0 aromatic rings. The molecule has 4 unspecified atom stereocenters. The summed E-state index contributed by atoms with van der Waals surface area (Å²) in [4.78, 5) is 0. The monoisotopic (exact) mass is 213 g/mol. The van der Waals surface area contributed by atoms with Gasteiger partial charge < -0.3 is 14.8 Å². The van der Waals surface area contributed by atoms with Crippen molar-refractivity contribution in [1.29, 1.82) is 0 Å². The standard InChI is InChI=1S/C12H23NO2/c1-9-7-11(5-6-15-9)13-10-3-4-12(8-10)14-2/h9-13H,3-8H2,1-2H3. The Morgan fingerprint density at radius 3 is 2.60 bits per heavy atom. The predicted octanol–water partition coefficient (Wildman–Crippen LogP) is 1.71. The third kappa shape index (κ3) is 3.16. The van der Waals surface area contributed by atoms with Crippen molar-refractivity contribution in [1.82, 2.24) is 5.32 Å². The van der Waals surface area contributed by atoms with Crippen molar-refractivity contribution >= 4 is 0 Å². The van der Waals surface area contributed by atoms with E-state index in [1.165, 1.54) is 25.7 Å². The van der Waals surface area contributed by atoms with Crippen molar-refractivity contribution in [3.8, 4) is 0 Å². The van der Waals surface area contributed by atoms with Crippen LogP contribution in [0.1, 0.15) is 39.0 Å². The van der Waals surface area contributed by atoms with Crippen LogP contribution in [-0.4, -0.2) is 38.0 Å². The van der Waals surface area contributed by atoms with E-state index < -0.39 is 0 Å². The van der Waals surface area contributed by atoms with E-state index in [1.807, 2.05) is 7.11 Å². The number of methoxy groups -OCH3 is 1. The largest absolute Gasteiger partial charge is 0.381 e. The second-order valence-electron chi connectivity index (χ2n) is 4.94. The average molecular weight is 213 g/mol. The number of hydrogen-bond acceptors (Lipinski definition) is 3. The summed E-state index contributed by atoms with van der Waals surface area (Å²) < 4.78 is 10.9. The van der Waals surface area contributed by atoms with Gasteiger partial charge in [-0.15, -0.1) is 0 Å². The number of hydrogen-bond donors (Lipinski definition) is 1. The van der Waals surface area contributed by atoms with Crippen LogP contribution in [0.2, 0.25) is 0 Å². The second kappa shape index (κ2) is 5.28. The van der Waals surface area contributed by atoms with Gasteiger partial charge in [0.1, 0.15) is 0 Å². The van der Waals surface area contributed by atoms with E-state index in [1.54, 1.807) is 0 Å². The average Bonchev–Trinajstić information content (AvgIpc) is 2.65. The SMILES string of the molecule is COC1CCC(NC2CCOC(C)C2)C1. The van der Waals surface area contributed by atoms with E-state index in [0.717, 1.165) is 13.0 Å². The molecule has 1 aliphatic carbocycles. The lowest BCUT2D eigenvalue weighted by Gasteiger charge is -2.30. The Kier molecular flexibility index (Phi) is 4.00. The highest BCUT2D eigenvalue weighted by Gasteiger charge is 2.28. The minimum atomic E-state index is 0.427. The van der Waals surface area contributed by atoms with Crippen LogP contribution in [0.4, 0.5) is 0 Å². The summed E-state index contributed by atoms with van der Waals surface area (Å²) in [5, 5.41) is 3.75. The van der Waals surface area contributed by atoms with Gasteiger partial charge in [0.2, 0.25) is 0 Å². The van der Waals surface area contributed by atoms with E-state index in [-0.39, 0.29) is 0 Å². The van der Waals surface area contributed by atoms with Gasteiger partial charge in [0.15, 0.2) is 0 Å². The van der Waals surface area contributed by atoms with Gasteiger partial charge in [-0.2, -0.15) is 0 Å². The molecule has 0 radical (unpaired) electrons. The van der Waals surface area contributed by atoms with Crippen molar-refractivity contribution in [2.24, 2.45) is 0 Å². The van der Waals surface area contributed by atoms with Crippen LogP contribution in [0, 0.1) is 0 Å². The highest BCUT2D eigenvalue weighted by molar-refractivity contribution is 4.85. The molecule has 1 saturated carbocycles. The molecule has 0 aromatic heterocycles. The van der Waals surface area contributed by atoms with Crippen LogP contribution >= 0.6 is 0 Å².